The van der Waals surface area contributed by atoms with Crippen molar-refractivity contribution in [2.75, 3.05) is 32.2 Å². The maximum atomic E-state index is 13.2. The molecule has 0 amide bonds. The smallest absolute Gasteiger partial charge is 0.274 e. The largest absolute Gasteiger partial charge is 0.385 e. The van der Waals surface area contributed by atoms with E-state index in [1.807, 2.05) is 0 Å². The van der Waals surface area contributed by atoms with Gasteiger partial charge in [-0.25, -0.2) is 4.39 Å². The van der Waals surface area contributed by atoms with Gasteiger partial charge < -0.3 is 9.64 Å². The van der Waals surface area contributed by atoms with E-state index in [4.69, 9.17) is 4.74 Å². The van der Waals surface area contributed by atoms with Crippen molar-refractivity contribution in [3.63, 3.8) is 0 Å². The number of nitro groups is 1. The Balaban J connectivity index is 2.78. The lowest BCUT2D eigenvalue weighted by atomic mass is 10.2. The number of non-ortho nitro benzene ring substituents is 1. The molecule has 0 bridgehead atoms. The molecule has 0 saturated heterocycles. The minimum Gasteiger partial charge on any atom is -0.385 e. The number of rotatable bonds is 6. The number of halogens is 1. The summed E-state index contributed by atoms with van der Waals surface area (Å²) in [6.45, 7) is 1.25. The second kappa shape index (κ2) is 6.15. The van der Waals surface area contributed by atoms with Gasteiger partial charge in [0.1, 0.15) is 5.82 Å². The van der Waals surface area contributed by atoms with E-state index >= 15 is 0 Å². The van der Waals surface area contributed by atoms with Crippen molar-refractivity contribution in [3.8, 4) is 0 Å². The molecule has 0 spiro atoms. The highest BCUT2D eigenvalue weighted by atomic mass is 19.1. The maximum absolute atomic E-state index is 13.2. The first-order chi connectivity index (χ1) is 8.04. The predicted molar refractivity (Wildman–Crippen MR) is 62.8 cm³/mol. The fourth-order valence-electron chi connectivity index (χ4n) is 1.46. The Morgan fingerprint density at radius 2 is 2.18 bits per heavy atom. The van der Waals surface area contributed by atoms with E-state index in [0.29, 0.717) is 18.8 Å². The molecule has 0 radical (unpaired) electrons. The summed E-state index contributed by atoms with van der Waals surface area (Å²) >= 11 is 0. The number of hydrogen-bond donors (Lipinski definition) is 0. The lowest BCUT2D eigenvalue weighted by Gasteiger charge is -2.18. The van der Waals surface area contributed by atoms with Crippen molar-refractivity contribution in [2.45, 2.75) is 6.42 Å². The van der Waals surface area contributed by atoms with Gasteiger partial charge in [-0.3, -0.25) is 10.1 Å². The minimum absolute atomic E-state index is 0.237. The first-order valence-corrected chi connectivity index (χ1v) is 5.19. The lowest BCUT2D eigenvalue weighted by molar-refractivity contribution is -0.385. The van der Waals surface area contributed by atoms with E-state index < -0.39 is 10.7 Å². The third-order valence-corrected chi connectivity index (χ3v) is 2.36. The monoisotopic (exact) mass is 242 g/mol. The summed E-state index contributed by atoms with van der Waals surface area (Å²) in [5.41, 5.74) is 0.256. The van der Waals surface area contributed by atoms with Gasteiger partial charge in [0, 0.05) is 39.1 Å². The maximum Gasteiger partial charge on any atom is 0.274 e. The fraction of sp³-hybridized carbons (Fsp3) is 0.455. The summed E-state index contributed by atoms with van der Waals surface area (Å²) in [6, 6.07) is 3.54. The topological polar surface area (TPSA) is 55.6 Å². The molecule has 1 aromatic carbocycles. The molecule has 0 unspecified atom stereocenters. The molecule has 5 nitrogen and oxygen atoms in total. The van der Waals surface area contributed by atoms with E-state index in [0.717, 1.165) is 12.5 Å². The number of nitro benzene ring substituents is 1. The van der Waals surface area contributed by atoms with Gasteiger partial charge >= 0.3 is 0 Å². The van der Waals surface area contributed by atoms with Crippen LogP contribution < -0.4 is 4.90 Å². The molecule has 0 fully saturated rings. The molecule has 0 heterocycles. The molecule has 94 valence electrons. The van der Waals surface area contributed by atoms with Gasteiger partial charge in [0.15, 0.2) is 0 Å². The standard InChI is InChI=1S/C11H15FN2O3/c1-13(4-3-5-17-2)10-6-9(12)7-11(8-10)14(15)16/h6-8H,3-5H2,1-2H3. The molecule has 0 N–H and O–H groups in total. The summed E-state index contributed by atoms with van der Waals surface area (Å²) in [6.07, 6.45) is 0.775. The van der Waals surface area contributed by atoms with Gasteiger partial charge in [-0.05, 0) is 12.5 Å². The van der Waals surface area contributed by atoms with Crippen LogP contribution in [0.3, 0.4) is 0 Å². The Labute approximate surface area is 98.9 Å². The van der Waals surface area contributed by atoms with E-state index in [1.165, 1.54) is 12.1 Å². The third-order valence-electron chi connectivity index (χ3n) is 2.36. The van der Waals surface area contributed by atoms with Crippen molar-refractivity contribution in [3.05, 3.63) is 34.1 Å². The van der Waals surface area contributed by atoms with Crippen LogP contribution in [0.5, 0.6) is 0 Å². The zero-order valence-electron chi connectivity index (χ0n) is 9.85. The summed E-state index contributed by atoms with van der Waals surface area (Å²) in [4.78, 5) is 11.7. The minimum atomic E-state index is -0.604. The number of anilines is 1. The van der Waals surface area contributed by atoms with Gasteiger partial charge in [-0.15, -0.1) is 0 Å². The Hall–Kier alpha value is -1.69. The van der Waals surface area contributed by atoms with Crippen LogP contribution in [0.25, 0.3) is 0 Å². The molecule has 0 saturated carbocycles. The second-order valence-electron chi connectivity index (χ2n) is 3.69. The SMILES string of the molecule is COCCCN(C)c1cc(F)cc([N+](=O)[O-])c1. The third kappa shape index (κ3) is 3.99. The van der Waals surface area contributed by atoms with Crippen LogP contribution in [0.4, 0.5) is 15.8 Å². The highest BCUT2D eigenvalue weighted by Crippen LogP contribution is 2.22. The second-order valence-corrected chi connectivity index (χ2v) is 3.69. The molecule has 6 heteroatoms. The van der Waals surface area contributed by atoms with Crippen LogP contribution >= 0.6 is 0 Å². The molecule has 1 aromatic rings. The number of methoxy groups -OCH3 is 1. The highest BCUT2D eigenvalue weighted by molar-refractivity contribution is 5.53. The van der Waals surface area contributed by atoms with Gasteiger partial charge in [0.05, 0.1) is 11.0 Å². The van der Waals surface area contributed by atoms with Crippen LogP contribution in [0.1, 0.15) is 6.42 Å². The van der Waals surface area contributed by atoms with Crippen LogP contribution in [-0.2, 0) is 4.74 Å². The molecular formula is C11H15FN2O3. The average molecular weight is 242 g/mol. The predicted octanol–water partition coefficient (Wildman–Crippen LogP) is 2.21. The highest BCUT2D eigenvalue weighted by Gasteiger charge is 2.11. The molecule has 17 heavy (non-hydrogen) atoms. The molecule has 0 aliphatic carbocycles. The van der Waals surface area contributed by atoms with E-state index in [1.54, 1.807) is 19.1 Å². The molecular weight excluding hydrogens is 227 g/mol. The quantitative estimate of drug-likeness (QED) is 0.436. The van der Waals surface area contributed by atoms with E-state index in [-0.39, 0.29) is 5.69 Å². The van der Waals surface area contributed by atoms with Gasteiger partial charge in [-0.2, -0.15) is 0 Å². The molecule has 0 aliphatic heterocycles. The number of hydrogen-bond acceptors (Lipinski definition) is 4. The van der Waals surface area contributed by atoms with Crippen molar-refractivity contribution in [1.29, 1.82) is 0 Å². The molecule has 0 aliphatic rings. The summed E-state index contributed by atoms with van der Waals surface area (Å²) in [5, 5.41) is 10.6. The van der Waals surface area contributed by atoms with Gasteiger partial charge in [0.25, 0.3) is 5.69 Å². The fourth-order valence-corrected chi connectivity index (χ4v) is 1.46. The lowest BCUT2D eigenvalue weighted by Crippen LogP contribution is -2.19. The zero-order valence-corrected chi connectivity index (χ0v) is 9.85. The van der Waals surface area contributed by atoms with Crippen LogP contribution in [0.15, 0.2) is 18.2 Å². The Bertz CT molecular complexity index is 398. The van der Waals surface area contributed by atoms with Crippen molar-refractivity contribution in [2.24, 2.45) is 0 Å². The number of benzene rings is 1. The van der Waals surface area contributed by atoms with Crippen LogP contribution in [0, 0.1) is 15.9 Å². The van der Waals surface area contributed by atoms with Gasteiger partial charge in [-0.1, -0.05) is 0 Å². The number of nitrogens with zero attached hydrogens (tertiary/aromatic N) is 2. The van der Waals surface area contributed by atoms with Crippen LogP contribution in [-0.4, -0.2) is 32.2 Å². The van der Waals surface area contributed by atoms with Gasteiger partial charge in [0.2, 0.25) is 0 Å². The number of ether oxygens (including phenoxy) is 1. The molecule has 0 atom stereocenters. The van der Waals surface area contributed by atoms with E-state index in [2.05, 4.69) is 0 Å². The van der Waals surface area contributed by atoms with Crippen molar-refractivity contribution >= 4 is 11.4 Å². The van der Waals surface area contributed by atoms with Crippen molar-refractivity contribution in [1.82, 2.24) is 0 Å². The summed E-state index contributed by atoms with van der Waals surface area (Å²) in [7, 11) is 3.36. The first kappa shape index (κ1) is 13.4. The van der Waals surface area contributed by atoms with Crippen molar-refractivity contribution < 1.29 is 14.1 Å². The summed E-state index contributed by atoms with van der Waals surface area (Å²) in [5.74, 6) is -0.604. The molecule has 0 aromatic heterocycles. The van der Waals surface area contributed by atoms with E-state index in [9.17, 15) is 14.5 Å². The zero-order chi connectivity index (χ0) is 12.8. The Morgan fingerprint density at radius 1 is 1.47 bits per heavy atom. The van der Waals surface area contributed by atoms with Crippen LogP contribution in [0.2, 0.25) is 0 Å². The summed E-state index contributed by atoms with van der Waals surface area (Å²) < 4.78 is 18.1. The molecule has 1 rings (SSSR count). The Kier molecular flexibility index (Phi) is 4.84. The normalized spacial score (nSPS) is 10.3. The average Bonchev–Trinajstić information content (AvgIpc) is 2.28. The Morgan fingerprint density at radius 3 is 2.76 bits per heavy atom. The first-order valence-electron chi connectivity index (χ1n) is 5.19.